The van der Waals surface area contributed by atoms with Crippen LogP contribution in [0.4, 0.5) is 5.69 Å². The van der Waals surface area contributed by atoms with Gasteiger partial charge in [-0.15, -0.1) is 0 Å². The highest BCUT2D eigenvalue weighted by Gasteiger charge is 2.17. The van der Waals surface area contributed by atoms with Crippen LogP contribution in [0.3, 0.4) is 0 Å². The van der Waals surface area contributed by atoms with E-state index in [0.29, 0.717) is 0 Å². The molecular weight excluding hydrogens is 464 g/mol. The van der Waals surface area contributed by atoms with E-state index in [9.17, 15) is 0 Å². The van der Waals surface area contributed by atoms with Crippen molar-refractivity contribution >= 4 is 5.69 Å². The molecule has 1 aromatic heterocycles. The summed E-state index contributed by atoms with van der Waals surface area (Å²) in [6.45, 7) is 13.3. The van der Waals surface area contributed by atoms with Crippen LogP contribution >= 0.6 is 0 Å². The minimum atomic E-state index is 0.726. The van der Waals surface area contributed by atoms with E-state index in [0.717, 1.165) is 49.1 Å². The van der Waals surface area contributed by atoms with Crippen LogP contribution in [0, 0.1) is 13.8 Å². The van der Waals surface area contributed by atoms with Crippen molar-refractivity contribution < 1.29 is 0 Å². The Labute approximate surface area is 231 Å². The van der Waals surface area contributed by atoms with Gasteiger partial charge in [-0.25, -0.2) is 9.97 Å². The minimum Gasteiger partial charge on any atom is -0.371 e. The van der Waals surface area contributed by atoms with E-state index in [1.165, 1.54) is 80.4 Å². The van der Waals surface area contributed by atoms with Crippen molar-refractivity contribution in [2.75, 3.05) is 31.1 Å². The molecule has 1 saturated heterocycles. The summed E-state index contributed by atoms with van der Waals surface area (Å²) >= 11 is 0. The van der Waals surface area contributed by atoms with Crippen LogP contribution in [0.1, 0.15) is 97.8 Å². The second-order valence-electron chi connectivity index (χ2n) is 11.1. The molecule has 1 fully saturated rings. The van der Waals surface area contributed by atoms with Crippen LogP contribution < -0.4 is 10.2 Å². The molecule has 0 saturated carbocycles. The van der Waals surface area contributed by atoms with Crippen LogP contribution in [0.2, 0.25) is 0 Å². The van der Waals surface area contributed by atoms with E-state index in [-0.39, 0.29) is 0 Å². The number of benzene rings is 2. The zero-order valence-corrected chi connectivity index (χ0v) is 24.2. The Morgan fingerprint density at radius 2 is 1.66 bits per heavy atom. The Bertz CT molecular complexity index is 1110. The molecule has 2 aliphatic rings. The topological polar surface area (TPSA) is 41.0 Å². The Balaban J connectivity index is 0.000000181. The smallest absolute Gasteiger partial charge is 0.125 e. The second-order valence-corrected chi connectivity index (χ2v) is 11.1. The Morgan fingerprint density at radius 1 is 0.895 bits per heavy atom. The molecule has 5 rings (SSSR count). The summed E-state index contributed by atoms with van der Waals surface area (Å²) in [4.78, 5) is 11.5. The lowest BCUT2D eigenvalue weighted by Crippen LogP contribution is -2.30. The fraction of sp³-hybridized carbons (Fsp3) is 0.529. The molecular formula is C34H48N4. The predicted molar refractivity (Wildman–Crippen MR) is 161 cm³/mol. The molecule has 0 amide bonds. The van der Waals surface area contributed by atoms with Gasteiger partial charge in [0.1, 0.15) is 5.82 Å². The van der Waals surface area contributed by atoms with Crippen LogP contribution in [-0.2, 0) is 19.3 Å². The number of rotatable bonds is 8. The van der Waals surface area contributed by atoms with Crippen molar-refractivity contribution in [3.8, 4) is 0 Å². The normalized spacial score (nSPS) is 15.5. The number of piperidine rings is 1. The molecule has 0 radical (unpaired) electrons. The van der Waals surface area contributed by atoms with Gasteiger partial charge in [0.2, 0.25) is 0 Å². The fourth-order valence-corrected chi connectivity index (χ4v) is 5.86. The van der Waals surface area contributed by atoms with Gasteiger partial charge in [0.05, 0.1) is 0 Å². The van der Waals surface area contributed by atoms with Crippen molar-refractivity contribution in [3.63, 3.8) is 0 Å². The van der Waals surface area contributed by atoms with Gasteiger partial charge < -0.3 is 10.2 Å². The van der Waals surface area contributed by atoms with Crippen molar-refractivity contribution in [3.05, 3.63) is 88.0 Å². The first-order chi connectivity index (χ1) is 18.6. The van der Waals surface area contributed by atoms with Gasteiger partial charge in [0, 0.05) is 36.6 Å². The van der Waals surface area contributed by atoms with Gasteiger partial charge in [-0.2, -0.15) is 0 Å². The largest absolute Gasteiger partial charge is 0.371 e. The number of anilines is 1. The molecule has 4 heteroatoms. The first kappa shape index (κ1) is 28.3. The molecule has 0 atom stereocenters. The molecule has 204 valence electrons. The maximum Gasteiger partial charge on any atom is 0.125 e. The molecule has 3 heterocycles. The standard InChI is InChI=1S/C18H23N3.C16H25N/c1-13-11-18(21-14(2)20-13)12-15-3-5-16(6-4-15)17-7-9-19-10-8-17;1-3-5-6-11-17-12-7-8-15-10-9-14(4-2)13-16(15)17/h3-6,11,17,19H,7-10,12H2,1-2H3;9-10,13H,3-8,11-12H2,1-2H3. The third-order valence-electron chi connectivity index (χ3n) is 8.00. The number of unbranched alkanes of at least 4 members (excludes halogenated alkanes) is 2. The van der Waals surface area contributed by atoms with Crippen LogP contribution in [0.25, 0.3) is 0 Å². The van der Waals surface area contributed by atoms with E-state index in [1.54, 1.807) is 5.56 Å². The van der Waals surface area contributed by atoms with Gasteiger partial charge in [0.25, 0.3) is 0 Å². The summed E-state index contributed by atoms with van der Waals surface area (Å²) in [5, 5.41) is 3.42. The van der Waals surface area contributed by atoms with E-state index in [4.69, 9.17) is 0 Å². The van der Waals surface area contributed by atoms with E-state index < -0.39 is 0 Å². The van der Waals surface area contributed by atoms with E-state index in [1.807, 2.05) is 13.8 Å². The molecule has 0 bridgehead atoms. The third-order valence-corrected chi connectivity index (χ3v) is 8.00. The monoisotopic (exact) mass is 512 g/mol. The molecule has 3 aromatic rings. The zero-order valence-electron chi connectivity index (χ0n) is 24.2. The summed E-state index contributed by atoms with van der Waals surface area (Å²) in [6, 6.07) is 18.2. The van der Waals surface area contributed by atoms with Crippen LogP contribution in [0.15, 0.2) is 48.5 Å². The van der Waals surface area contributed by atoms with Gasteiger partial charge >= 0.3 is 0 Å². The summed E-state index contributed by atoms with van der Waals surface area (Å²) in [6.07, 6.45) is 11.1. The third kappa shape index (κ3) is 8.14. The highest BCUT2D eigenvalue weighted by molar-refractivity contribution is 5.57. The molecule has 4 nitrogen and oxygen atoms in total. The Morgan fingerprint density at radius 3 is 2.37 bits per heavy atom. The summed E-state index contributed by atoms with van der Waals surface area (Å²) < 4.78 is 0. The highest BCUT2D eigenvalue weighted by Crippen LogP contribution is 2.29. The number of nitrogens with one attached hydrogen (secondary N) is 1. The number of hydrogen-bond donors (Lipinski definition) is 1. The highest BCUT2D eigenvalue weighted by atomic mass is 15.1. The van der Waals surface area contributed by atoms with Crippen molar-refractivity contribution in [1.82, 2.24) is 15.3 Å². The molecule has 0 aliphatic carbocycles. The fourth-order valence-electron chi connectivity index (χ4n) is 5.86. The van der Waals surface area contributed by atoms with Crippen LogP contribution in [-0.4, -0.2) is 36.1 Å². The molecule has 2 aromatic carbocycles. The molecule has 1 N–H and O–H groups in total. The first-order valence-corrected chi connectivity index (χ1v) is 15.0. The summed E-state index contributed by atoms with van der Waals surface area (Å²) in [5.74, 6) is 1.58. The molecule has 2 aliphatic heterocycles. The SMILES string of the molecule is CCCCCN1CCCc2ccc(CC)cc21.Cc1cc(Cc2ccc(C3CCNCC3)cc2)nc(C)n1. The van der Waals surface area contributed by atoms with Gasteiger partial charge in [-0.05, 0) is 106 Å². The quantitative estimate of drug-likeness (QED) is 0.321. The maximum absolute atomic E-state index is 4.52. The molecule has 0 spiro atoms. The Kier molecular flexibility index (Phi) is 10.7. The first-order valence-electron chi connectivity index (χ1n) is 15.0. The lowest BCUT2D eigenvalue weighted by Gasteiger charge is -2.32. The second kappa shape index (κ2) is 14.4. The maximum atomic E-state index is 4.52. The van der Waals surface area contributed by atoms with Crippen molar-refractivity contribution in [2.24, 2.45) is 0 Å². The van der Waals surface area contributed by atoms with Gasteiger partial charge in [-0.1, -0.05) is 63.1 Å². The lowest BCUT2D eigenvalue weighted by molar-refractivity contribution is 0.460. The zero-order chi connectivity index (χ0) is 26.7. The summed E-state index contributed by atoms with van der Waals surface area (Å²) in [7, 11) is 0. The number of aryl methyl sites for hydroxylation is 4. The average molecular weight is 513 g/mol. The van der Waals surface area contributed by atoms with Gasteiger partial charge in [0.15, 0.2) is 0 Å². The number of fused-ring (bicyclic) bond motifs is 1. The Hall–Kier alpha value is -2.72. The minimum absolute atomic E-state index is 0.726. The number of nitrogens with zero attached hydrogens (tertiary/aromatic N) is 3. The van der Waals surface area contributed by atoms with Crippen LogP contribution in [0.5, 0.6) is 0 Å². The predicted octanol–water partition coefficient (Wildman–Crippen LogP) is 7.34. The van der Waals surface area contributed by atoms with Crippen molar-refractivity contribution in [2.45, 2.75) is 91.4 Å². The van der Waals surface area contributed by atoms with E-state index >= 15 is 0 Å². The van der Waals surface area contributed by atoms with E-state index in [2.05, 4.69) is 82.6 Å². The number of aromatic nitrogens is 2. The summed E-state index contributed by atoms with van der Waals surface area (Å²) in [5.41, 5.74) is 9.52. The van der Waals surface area contributed by atoms with Crippen molar-refractivity contribution in [1.29, 1.82) is 0 Å². The molecule has 38 heavy (non-hydrogen) atoms. The average Bonchev–Trinajstić information content (AvgIpc) is 2.94. The number of hydrogen-bond acceptors (Lipinski definition) is 4. The lowest BCUT2D eigenvalue weighted by atomic mass is 9.89. The molecule has 0 unspecified atom stereocenters. The van der Waals surface area contributed by atoms with Gasteiger partial charge in [-0.3, -0.25) is 0 Å².